The molecule has 0 radical (unpaired) electrons. The zero-order valence-electron chi connectivity index (χ0n) is 12.1. The van der Waals surface area contributed by atoms with Crippen LogP contribution < -0.4 is 10.5 Å². The Morgan fingerprint density at radius 2 is 2.25 bits per heavy atom. The third-order valence-electron chi connectivity index (χ3n) is 3.30. The van der Waals surface area contributed by atoms with Gasteiger partial charge in [0.25, 0.3) is 0 Å². The van der Waals surface area contributed by atoms with Gasteiger partial charge in [0, 0.05) is 24.0 Å². The summed E-state index contributed by atoms with van der Waals surface area (Å²) in [5.74, 6) is 0.857. The SMILES string of the molecule is COc1cccc(C(C(C)N)N(C)Cc2cscn2)c1. The van der Waals surface area contributed by atoms with E-state index < -0.39 is 0 Å². The van der Waals surface area contributed by atoms with Crippen LogP contribution in [0.4, 0.5) is 0 Å². The van der Waals surface area contributed by atoms with Gasteiger partial charge < -0.3 is 10.5 Å². The van der Waals surface area contributed by atoms with Gasteiger partial charge in [-0.2, -0.15) is 0 Å². The Morgan fingerprint density at radius 1 is 1.45 bits per heavy atom. The predicted molar refractivity (Wildman–Crippen MR) is 83.0 cm³/mol. The number of aromatic nitrogens is 1. The molecule has 2 rings (SSSR count). The van der Waals surface area contributed by atoms with E-state index in [0.717, 1.165) is 23.6 Å². The first kappa shape index (κ1) is 15.0. The van der Waals surface area contributed by atoms with E-state index in [-0.39, 0.29) is 12.1 Å². The fourth-order valence-electron chi connectivity index (χ4n) is 2.45. The van der Waals surface area contributed by atoms with Gasteiger partial charge in [0.2, 0.25) is 0 Å². The fourth-order valence-corrected chi connectivity index (χ4v) is 3.00. The van der Waals surface area contributed by atoms with Crippen molar-refractivity contribution in [2.45, 2.75) is 25.6 Å². The molecule has 2 atom stereocenters. The van der Waals surface area contributed by atoms with E-state index >= 15 is 0 Å². The minimum atomic E-state index is 0.0192. The van der Waals surface area contributed by atoms with Crippen LogP contribution in [-0.4, -0.2) is 30.1 Å². The summed E-state index contributed by atoms with van der Waals surface area (Å²) in [6.07, 6.45) is 0. The quantitative estimate of drug-likeness (QED) is 0.889. The molecule has 0 aliphatic heterocycles. The number of methoxy groups -OCH3 is 1. The second kappa shape index (κ2) is 6.83. The Bertz CT molecular complexity index is 528. The molecule has 4 nitrogen and oxygen atoms in total. The summed E-state index contributed by atoms with van der Waals surface area (Å²) < 4.78 is 5.30. The number of hydrogen-bond acceptors (Lipinski definition) is 5. The van der Waals surface area contributed by atoms with E-state index in [0.29, 0.717) is 0 Å². The van der Waals surface area contributed by atoms with Crippen LogP contribution in [0.5, 0.6) is 5.75 Å². The van der Waals surface area contributed by atoms with E-state index in [4.69, 9.17) is 10.5 Å². The molecule has 0 amide bonds. The number of thiazole rings is 1. The Morgan fingerprint density at radius 3 is 2.85 bits per heavy atom. The van der Waals surface area contributed by atoms with Gasteiger partial charge in [-0.3, -0.25) is 4.90 Å². The van der Waals surface area contributed by atoms with Crippen molar-refractivity contribution in [3.63, 3.8) is 0 Å². The molecule has 5 heteroatoms. The van der Waals surface area contributed by atoms with Crippen molar-refractivity contribution >= 4 is 11.3 Å². The topological polar surface area (TPSA) is 51.4 Å². The lowest BCUT2D eigenvalue weighted by molar-refractivity contribution is 0.208. The highest BCUT2D eigenvalue weighted by Crippen LogP contribution is 2.26. The van der Waals surface area contributed by atoms with Crippen molar-refractivity contribution in [1.82, 2.24) is 9.88 Å². The van der Waals surface area contributed by atoms with Crippen molar-refractivity contribution in [3.05, 3.63) is 46.4 Å². The number of nitrogens with zero attached hydrogens (tertiary/aromatic N) is 2. The molecule has 2 aromatic rings. The van der Waals surface area contributed by atoms with Gasteiger partial charge >= 0.3 is 0 Å². The maximum absolute atomic E-state index is 6.19. The highest BCUT2D eigenvalue weighted by Gasteiger charge is 2.22. The highest BCUT2D eigenvalue weighted by atomic mass is 32.1. The molecular formula is C15H21N3OS. The average molecular weight is 291 g/mol. The zero-order valence-corrected chi connectivity index (χ0v) is 12.9. The summed E-state index contributed by atoms with van der Waals surface area (Å²) in [6.45, 7) is 2.81. The van der Waals surface area contributed by atoms with E-state index in [2.05, 4.69) is 28.4 Å². The molecule has 2 unspecified atom stereocenters. The van der Waals surface area contributed by atoms with Gasteiger partial charge in [0.1, 0.15) is 5.75 Å². The second-order valence-electron chi connectivity index (χ2n) is 4.98. The number of likely N-dealkylation sites (N-methyl/N-ethyl adjacent to an activating group) is 1. The van der Waals surface area contributed by atoms with Gasteiger partial charge in [-0.05, 0) is 31.7 Å². The van der Waals surface area contributed by atoms with E-state index in [1.807, 2.05) is 30.6 Å². The predicted octanol–water partition coefficient (Wildman–Crippen LogP) is 2.67. The number of ether oxygens (including phenoxy) is 1. The number of rotatable bonds is 6. The van der Waals surface area contributed by atoms with Crippen LogP contribution >= 0.6 is 11.3 Å². The summed E-state index contributed by atoms with van der Waals surface area (Å²) in [4.78, 5) is 6.57. The zero-order chi connectivity index (χ0) is 14.5. The Hall–Kier alpha value is -1.43. The van der Waals surface area contributed by atoms with Crippen LogP contribution in [0.15, 0.2) is 35.2 Å². The van der Waals surface area contributed by atoms with Gasteiger partial charge in [0.05, 0.1) is 18.3 Å². The maximum atomic E-state index is 6.19. The van der Waals surface area contributed by atoms with Gasteiger partial charge in [-0.25, -0.2) is 4.98 Å². The van der Waals surface area contributed by atoms with Crippen molar-refractivity contribution in [2.24, 2.45) is 5.73 Å². The van der Waals surface area contributed by atoms with Crippen molar-refractivity contribution < 1.29 is 4.74 Å². The monoisotopic (exact) mass is 291 g/mol. The first-order chi connectivity index (χ1) is 9.61. The van der Waals surface area contributed by atoms with Crippen molar-refractivity contribution in [1.29, 1.82) is 0 Å². The smallest absolute Gasteiger partial charge is 0.119 e. The number of nitrogens with two attached hydrogens (primary N) is 1. The van der Waals surface area contributed by atoms with Crippen LogP contribution in [-0.2, 0) is 6.54 Å². The molecule has 1 heterocycles. The lowest BCUT2D eigenvalue weighted by Crippen LogP contribution is -2.37. The molecule has 1 aromatic heterocycles. The first-order valence-corrected chi connectivity index (χ1v) is 7.53. The summed E-state index contributed by atoms with van der Waals surface area (Å²) in [7, 11) is 3.76. The van der Waals surface area contributed by atoms with Gasteiger partial charge in [0.15, 0.2) is 0 Å². The van der Waals surface area contributed by atoms with Crippen LogP contribution in [0.2, 0.25) is 0 Å². The molecule has 20 heavy (non-hydrogen) atoms. The summed E-state index contributed by atoms with van der Waals surface area (Å²) in [5.41, 5.74) is 10.3. The molecule has 1 aromatic carbocycles. The molecule has 0 aliphatic rings. The minimum absolute atomic E-state index is 0.0192. The fraction of sp³-hybridized carbons (Fsp3) is 0.400. The first-order valence-electron chi connectivity index (χ1n) is 6.58. The molecular weight excluding hydrogens is 270 g/mol. The molecule has 0 fully saturated rings. The van der Waals surface area contributed by atoms with Crippen LogP contribution in [0.25, 0.3) is 0 Å². The van der Waals surface area contributed by atoms with Crippen molar-refractivity contribution in [2.75, 3.05) is 14.2 Å². The third kappa shape index (κ3) is 3.56. The molecule has 2 N–H and O–H groups in total. The van der Waals surface area contributed by atoms with Crippen LogP contribution in [0.1, 0.15) is 24.2 Å². The van der Waals surface area contributed by atoms with Crippen LogP contribution in [0.3, 0.4) is 0 Å². The number of benzene rings is 1. The van der Waals surface area contributed by atoms with E-state index in [1.165, 1.54) is 0 Å². The van der Waals surface area contributed by atoms with Gasteiger partial charge in [-0.15, -0.1) is 11.3 Å². The largest absolute Gasteiger partial charge is 0.497 e. The third-order valence-corrected chi connectivity index (χ3v) is 3.94. The summed E-state index contributed by atoms with van der Waals surface area (Å²) in [6, 6.07) is 8.24. The molecule has 108 valence electrons. The normalized spacial score (nSPS) is 14.2. The maximum Gasteiger partial charge on any atom is 0.119 e. The Balaban J connectivity index is 2.21. The van der Waals surface area contributed by atoms with E-state index in [1.54, 1.807) is 18.4 Å². The molecule has 0 bridgehead atoms. The number of hydrogen-bond donors (Lipinski definition) is 1. The molecule has 0 spiro atoms. The lowest BCUT2D eigenvalue weighted by Gasteiger charge is -2.31. The second-order valence-corrected chi connectivity index (χ2v) is 5.69. The standard InChI is InChI=1S/C15H21N3OS/c1-11(16)15(12-5-4-6-14(7-12)19-3)18(2)8-13-9-20-10-17-13/h4-7,9-11,15H,8,16H2,1-3H3. The van der Waals surface area contributed by atoms with Crippen LogP contribution in [0, 0.1) is 0 Å². The Labute approximate surface area is 124 Å². The molecule has 0 saturated heterocycles. The summed E-state index contributed by atoms with van der Waals surface area (Å²) >= 11 is 1.61. The Kier molecular flexibility index (Phi) is 5.11. The highest BCUT2D eigenvalue weighted by molar-refractivity contribution is 7.07. The van der Waals surface area contributed by atoms with Crippen molar-refractivity contribution in [3.8, 4) is 5.75 Å². The summed E-state index contributed by atoms with van der Waals surface area (Å²) in [5, 5.41) is 2.07. The lowest BCUT2D eigenvalue weighted by atomic mass is 9.99. The molecule has 0 aliphatic carbocycles. The van der Waals surface area contributed by atoms with Gasteiger partial charge in [-0.1, -0.05) is 12.1 Å². The minimum Gasteiger partial charge on any atom is -0.497 e. The van der Waals surface area contributed by atoms with E-state index in [9.17, 15) is 0 Å². The molecule has 0 saturated carbocycles. The average Bonchev–Trinajstić information content (AvgIpc) is 2.91.